The van der Waals surface area contributed by atoms with Crippen molar-refractivity contribution in [1.82, 2.24) is 0 Å². The fourth-order valence-electron chi connectivity index (χ4n) is 8.49. The van der Waals surface area contributed by atoms with Crippen LogP contribution < -0.4 is 0 Å². The van der Waals surface area contributed by atoms with Crippen LogP contribution in [0.1, 0.15) is 78.1 Å². The molecule has 0 saturated heterocycles. The van der Waals surface area contributed by atoms with Crippen molar-refractivity contribution in [2.75, 3.05) is 6.61 Å². The summed E-state index contributed by atoms with van der Waals surface area (Å²) in [7, 11) is 0. The van der Waals surface area contributed by atoms with Crippen LogP contribution in [0.25, 0.3) is 0 Å². The average molecular weight is 343 g/mol. The third-order valence-electron chi connectivity index (χ3n) is 9.72. The van der Waals surface area contributed by atoms with E-state index in [1.165, 1.54) is 69.8 Å². The number of rotatable bonds is 1. The van der Waals surface area contributed by atoms with E-state index in [-0.39, 0.29) is 5.97 Å². The molecule has 4 saturated carbocycles. The maximum atomic E-state index is 11.6. The summed E-state index contributed by atoms with van der Waals surface area (Å²) < 4.78 is 5.26. The van der Waals surface area contributed by atoms with Gasteiger partial charge < -0.3 is 4.74 Å². The standard InChI is InChI=1S/C23H34O2/c1-22-11-4-3-5-16(22)6-7-17-19-9-8-18(15-13-21(24)25-14-15)23(19,2)12-10-20(17)22/h13,16-20H,3-12,14H2,1-2H3/t16?,17-,18-,19-,20-,22-,23+/m0/s1. The lowest BCUT2D eigenvalue weighted by Crippen LogP contribution is -2.52. The lowest BCUT2D eigenvalue weighted by Gasteiger charge is -2.60. The molecule has 25 heavy (non-hydrogen) atoms. The molecule has 0 aromatic heterocycles. The number of carbonyl (C=O) groups is 1. The second-order valence-electron chi connectivity index (χ2n) is 10.4. The molecule has 7 atom stereocenters. The van der Waals surface area contributed by atoms with E-state index in [0.717, 1.165) is 23.7 Å². The second-order valence-corrected chi connectivity index (χ2v) is 10.4. The Morgan fingerprint density at radius 3 is 2.56 bits per heavy atom. The third kappa shape index (κ3) is 2.24. The van der Waals surface area contributed by atoms with E-state index in [0.29, 0.717) is 23.4 Å². The van der Waals surface area contributed by atoms with Crippen LogP contribution in [0, 0.1) is 40.4 Å². The highest BCUT2D eigenvalue weighted by atomic mass is 16.5. The molecule has 4 fully saturated rings. The topological polar surface area (TPSA) is 26.3 Å². The average Bonchev–Trinajstić information content (AvgIpc) is 3.16. The second kappa shape index (κ2) is 5.60. The van der Waals surface area contributed by atoms with Crippen LogP contribution in [-0.2, 0) is 9.53 Å². The fraction of sp³-hybridized carbons (Fsp3) is 0.870. The van der Waals surface area contributed by atoms with Gasteiger partial charge in [-0.1, -0.05) is 26.7 Å². The smallest absolute Gasteiger partial charge is 0.331 e. The first kappa shape index (κ1) is 16.4. The third-order valence-corrected chi connectivity index (χ3v) is 9.72. The largest absolute Gasteiger partial charge is 0.458 e. The van der Waals surface area contributed by atoms with Gasteiger partial charge in [-0.05, 0) is 97.4 Å². The molecule has 0 amide bonds. The number of esters is 1. The summed E-state index contributed by atoms with van der Waals surface area (Å²) in [6.45, 7) is 5.79. The van der Waals surface area contributed by atoms with Gasteiger partial charge in [0.15, 0.2) is 0 Å². The van der Waals surface area contributed by atoms with E-state index >= 15 is 0 Å². The summed E-state index contributed by atoms with van der Waals surface area (Å²) in [5.74, 6) is 4.30. The number of cyclic esters (lactones) is 1. The number of carbonyl (C=O) groups excluding carboxylic acids is 1. The SMILES string of the molecule is C[C@]12CC[C@H]3[C@@H](CCC4CCCC[C@@]43C)[C@@H]1CC[C@H]2C1=CC(=O)OC1. The molecule has 0 radical (unpaired) electrons. The van der Waals surface area contributed by atoms with Crippen LogP contribution in [0.3, 0.4) is 0 Å². The van der Waals surface area contributed by atoms with E-state index in [1.54, 1.807) is 0 Å². The summed E-state index contributed by atoms with van der Waals surface area (Å²) in [4.78, 5) is 11.6. The van der Waals surface area contributed by atoms with Gasteiger partial charge in [0, 0.05) is 6.08 Å². The van der Waals surface area contributed by atoms with E-state index in [1.807, 2.05) is 6.08 Å². The molecule has 2 heteroatoms. The molecule has 2 nitrogen and oxygen atoms in total. The monoisotopic (exact) mass is 342 g/mol. The Kier molecular flexibility index (Phi) is 3.67. The van der Waals surface area contributed by atoms with Crippen molar-refractivity contribution in [2.45, 2.75) is 78.1 Å². The molecule has 0 spiro atoms. The maximum Gasteiger partial charge on any atom is 0.331 e. The van der Waals surface area contributed by atoms with Gasteiger partial charge in [-0.2, -0.15) is 0 Å². The predicted octanol–water partition coefficient (Wildman–Crippen LogP) is 5.52. The van der Waals surface area contributed by atoms with Crippen LogP contribution in [0.15, 0.2) is 11.6 Å². The van der Waals surface area contributed by atoms with E-state index in [9.17, 15) is 4.79 Å². The van der Waals surface area contributed by atoms with Crippen LogP contribution >= 0.6 is 0 Å². The lowest BCUT2D eigenvalue weighted by atomic mass is 9.44. The Bertz CT molecular complexity index is 607. The molecular formula is C23H34O2. The molecule has 138 valence electrons. The molecular weight excluding hydrogens is 308 g/mol. The van der Waals surface area contributed by atoms with E-state index in [4.69, 9.17) is 4.74 Å². The number of ether oxygens (including phenoxy) is 1. The van der Waals surface area contributed by atoms with Gasteiger partial charge in [-0.15, -0.1) is 0 Å². The van der Waals surface area contributed by atoms with Gasteiger partial charge in [0.05, 0.1) is 0 Å². The zero-order valence-corrected chi connectivity index (χ0v) is 16.1. The molecule has 5 aliphatic rings. The number of fused-ring (bicyclic) bond motifs is 5. The van der Waals surface area contributed by atoms with Crippen molar-refractivity contribution in [3.63, 3.8) is 0 Å². The van der Waals surface area contributed by atoms with E-state index < -0.39 is 0 Å². The zero-order valence-electron chi connectivity index (χ0n) is 16.1. The molecule has 1 aliphatic heterocycles. The first-order valence-electron chi connectivity index (χ1n) is 10.9. The quantitative estimate of drug-likeness (QED) is 0.587. The first-order chi connectivity index (χ1) is 12.0. The van der Waals surface area contributed by atoms with Crippen molar-refractivity contribution in [3.05, 3.63) is 11.6 Å². The molecule has 5 rings (SSSR count). The minimum atomic E-state index is -0.106. The predicted molar refractivity (Wildman–Crippen MR) is 98.9 cm³/mol. The van der Waals surface area contributed by atoms with Crippen molar-refractivity contribution in [2.24, 2.45) is 40.4 Å². The normalized spacial score (nSPS) is 52.0. The van der Waals surface area contributed by atoms with Crippen molar-refractivity contribution >= 4 is 5.97 Å². The fourth-order valence-corrected chi connectivity index (χ4v) is 8.49. The number of hydrogen-bond donors (Lipinski definition) is 0. The minimum Gasteiger partial charge on any atom is -0.458 e. The summed E-state index contributed by atoms with van der Waals surface area (Å²) in [6.07, 6.45) is 16.2. The Hall–Kier alpha value is -0.790. The molecule has 0 aromatic carbocycles. The van der Waals surface area contributed by atoms with Gasteiger partial charge in [-0.3, -0.25) is 0 Å². The summed E-state index contributed by atoms with van der Waals surface area (Å²) in [5, 5.41) is 0. The van der Waals surface area contributed by atoms with Gasteiger partial charge in [0.2, 0.25) is 0 Å². The molecule has 1 heterocycles. The zero-order chi connectivity index (χ0) is 17.2. The van der Waals surface area contributed by atoms with Crippen LogP contribution in [0.2, 0.25) is 0 Å². The minimum absolute atomic E-state index is 0.106. The van der Waals surface area contributed by atoms with Crippen molar-refractivity contribution < 1.29 is 9.53 Å². The van der Waals surface area contributed by atoms with Crippen molar-refractivity contribution in [3.8, 4) is 0 Å². The highest BCUT2D eigenvalue weighted by Gasteiger charge is 2.60. The van der Waals surface area contributed by atoms with Gasteiger partial charge in [-0.25, -0.2) is 4.79 Å². The first-order valence-corrected chi connectivity index (χ1v) is 10.9. The highest BCUT2D eigenvalue weighted by Crippen LogP contribution is 2.68. The summed E-state index contributed by atoms with van der Waals surface area (Å²) in [5.41, 5.74) is 2.36. The van der Waals surface area contributed by atoms with Gasteiger partial charge >= 0.3 is 5.97 Å². The molecule has 0 bridgehead atoms. The number of hydrogen-bond acceptors (Lipinski definition) is 2. The van der Waals surface area contributed by atoms with Gasteiger partial charge in [0.25, 0.3) is 0 Å². The Labute approximate surface area is 152 Å². The molecule has 0 N–H and O–H groups in total. The highest BCUT2D eigenvalue weighted by molar-refractivity contribution is 5.85. The molecule has 0 aromatic rings. The Morgan fingerprint density at radius 2 is 1.76 bits per heavy atom. The Morgan fingerprint density at radius 1 is 0.920 bits per heavy atom. The van der Waals surface area contributed by atoms with Crippen LogP contribution in [-0.4, -0.2) is 12.6 Å². The summed E-state index contributed by atoms with van der Waals surface area (Å²) >= 11 is 0. The lowest BCUT2D eigenvalue weighted by molar-refractivity contribution is -0.135. The summed E-state index contributed by atoms with van der Waals surface area (Å²) in [6, 6.07) is 0. The van der Waals surface area contributed by atoms with Gasteiger partial charge in [0.1, 0.15) is 6.61 Å². The Balaban J connectivity index is 1.43. The molecule has 1 unspecified atom stereocenters. The maximum absolute atomic E-state index is 11.6. The molecule has 4 aliphatic carbocycles. The van der Waals surface area contributed by atoms with Crippen molar-refractivity contribution in [1.29, 1.82) is 0 Å². The van der Waals surface area contributed by atoms with Crippen LogP contribution in [0.5, 0.6) is 0 Å². The van der Waals surface area contributed by atoms with Crippen LogP contribution in [0.4, 0.5) is 0 Å². The van der Waals surface area contributed by atoms with E-state index in [2.05, 4.69) is 13.8 Å².